The van der Waals surface area contributed by atoms with Crippen LogP contribution in [0.1, 0.15) is 31.4 Å². The first-order valence-corrected chi connectivity index (χ1v) is 8.18. The van der Waals surface area contributed by atoms with Crippen LogP contribution in [0.3, 0.4) is 0 Å². The van der Waals surface area contributed by atoms with Crippen molar-refractivity contribution in [2.24, 2.45) is 11.3 Å². The standard InChI is InChI=1S/C17H24N2O4/c1-11-3-2-4-15(19-11)23-10-17(7-13(20)14(21)8-17)9-18-16(22)12-5-6-12/h2-4,12-14,20-21H,5-10H2,1H3,(H,18,22). The summed E-state index contributed by atoms with van der Waals surface area (Å²) >= 11 is 0. The molecule has 2 fully saturated rings. The van der Waals surface area contributed by atoms with Crippen LogP contribution in [0.25, 0.3) is 0 Å². The molecular formula is C17H24N2O4. The smallest absolute Gasteiger partial charge is 0.223 e. The number of aromatic nitrogens is 1. The van der Waals surface area contributed by atoms with Gasteiger partial charge in [-0.25, -0.2) is 4.98 Å². The Balaban J connectivity index is 1.64. The zero-order chi connectivity index (χ0) is 16.4. The highest BCUT2D eigenvalue weighted by molar-refractivity contribution is 5.80. The second-order valence-electron chi connectivity index (χ2n) is 6.94. The number of amides is 1. The third kappa shape index (κ3) is 4.00. The number of rotatable bonds is 6. The summed E-state index contributed by atoms with van der Waals surface area (Å²) in [6, 6.07) is 5.55. The van der Waals surface area contributed by atoms with Gasteiger partial charge < -0.3 is 20.3 Å². The normalized spacial score (nSPS) is 30.2. The summed E-state index contributed by atoms with van der Waals surface area (Å²) in [5.41, 5.74) is 0.402. The van der Waals surface area contributed by atoms with E-state index in [-0.39, 0.29) is 11.8 Å². The molecule has 2 unspecified atom stereocenters. The zero-order valence-electron chi connectivity index (χ0n) is 13.4. The van der Waals surface area contributed by atoms with Gasteiger partial charge in [-0.2, -0.15) is 0 Å². The van der Waals surface area contributed by atoms with Crippen molar-refractivity contribution in [2.45, 2.75) is 44.8 Å². The largest absolute Gasteiger partial charge is 0.477 e. The third-order valence-corrected chi connectivity index (χ3v) is 4.70. The highest BCUT2D eigenvalue weighted by Crippen LogP contribution is 2.39. The molecule has 126 valence electrons. The molecule has 0 radical (unpaired) electrons. The Hall–Kier alpha value is -1.66. The highest BCUT2D eigenvalue weighted by atomic mass is 16.5. The van der Waals surface area contributed by atoms with Crippen LogP contribution in [-0.4, -0.2) is 46.5 Å². The molecule has 6 heteroatoms. The molecule has 0 aromatic carbocycles. The van der Waals surface area contributed by atoms with Gasteiger partial charge in [0.25, 0.3) is 0 Å². The van der Waals surface area contributed by atoms with Gasteiger partial charge in [-0.1, -0.05) is 6.07 Å². The van der Waals surface area contributed by atoms with Gasteiger partial charge in [0.2, 0.25) is 11.8 Å². The van der Waals surface area contributed by atoms with E-state index in [9.17, 15) is 15.0 Å². The number of aliphatic hydroxyl groups is 2. The number of nitrogens with one attached hydrogen (secondary N) is 1. The van der Waals surface area contributed by atoms with E-state index in [0.29, 0.717) is 31.9 Å². The van der Waals surface area contributed by atoms with E-state index in [1.54, 1.807) is 6.07 Å². The van der Waals surface area contributed by atoms with Crippen molar-refractivity contribution in [1.29, 1.82) is 0 Å². The number of carbonyl (C=O) groups is 1. The lowest BCUT2D eigenvalue weighted by molar-refractivity contribution is -0.123. The number of hydrogen-bond donors (Lipinski definition) is 3. The van der Waals surface area contributed by atoms with Crippen LogP contribution in [0, 0.1) is 18.3 Å². The van der Waals surface area contributed by atoms with Crippen molar-refractivity contribution in [1.82, 2.24) is 10.3 Å². The van der Waals surface area contributed by atoms with Gasteiger partial charge in [-0.05, 0) is 38.7 Å². The van der Waals surface area contributed by atoms with Crippen LogP contribution < -0.4 is 10.1 Å². The van der Waals surface area contributed by atoms with Crippen LogP contribution in [0.4, 0.5) is 0 Å². The van der Waals surface area contributed by atoms with Gasteiger partial charge in [0.05, 0.1) is 18.8 Å². The first-order valence-electron chi connectivity index (χ1n) is 8.18. The fourth-order valence-corrected chi connectivity index (χ4v) is 3.15. The van der Waals surface area contributed by atoms with Crippen LogP contribution in [0.2, 0.25) is 0 Å². The van der Waals surface area contributed by atoms with Gasteiger partial charge in [0, 0.05) is 29.6 Å². The van der Waals surface area contributed by atoms with E-state index in [2.05, 4.69) is 10.3 Å². The van der Waals surface area contributed by atoms with Crippen molar-refractivity contribution in [3.63, 3.8) is 0 Å². The molecule has 23 heavy (non-hydrogen) atoms. The van der Waals surface area contributed by atoms with E-state index in [0.717, 1.165) is 18.5 Å². The zero-order valence-corrected chi connectivity index (χ0v) is 13.4. The van der Waals surface area contributed by atoms with Crippen molar-refractivity contribution in [3.8, 4) is 5.88 Å². The Labute approximate surface area is 135 Å². The molecule has 2 aliphatic carbocycles. The van der Waals surface area contributed by atoms with Crippen LogP contribution in [-0.2, 0) is 4.79 Å². The fourth-order valence-electron chi connectivity index (χ4n) is 3.15. The minimum atomic E-state index is -0.776. The van der Waals surface area contributed by atoms with Gasteiger partial charge in [-0.15, -0.1) is 0 Å². The van der Waals surface area contributed by atoms with Crippen molar-refractivity contribution >= 4 is 5.91 Å². The lowest BCUT2D eigenvalue weighted by Gasteiger charge is -2.29. The maximum atomic E-state index is 11.9. The summed E-state index contributed by atoms with van der Waals surface area (Å²) in [4.78, 5) is 16.2. The fraction of sp³-hybridized carbons (Fsp3) is 0.647. The molecule has 1 amide bonds. The summed E-state index contributed by atoms with van der Waals surface area (Å²) in [5, 5.41) is 22.8. The van der Waals surface area contributed by atoms with Crippen molar-refractivity contribution in [3.05, 3.63) is 23.9 Å². The van der Waals surface area contributed by atoms with Gasteiger partial charge in [0.1, 0.15) is 0 Å². The molecule has 0 bridgehead atoms. The number of aliphatic hydroxyl groups excluding tert-OH is 2. The van der Waals surface area contributed by atoms with E-state index in [1.807, 2.05) is 19.1 Å². The minimum absolute atomic E-state index is 0.0638. The second kappa shape index (κ2) is 6.45. The maximum absolute atomic E-state index is 11.9. The lowest BCUT2D eigenvalue weighted by Crippen LogP contribution is -2.41. The van der Waals surface area contributed by atoms with E-state index >= 15 is 0 Å². The molecule has 0 saturated heterocycles. The van der Waals surface area contributed by atoms with Crippen molar-refractivity contribution < 1.29 is 19.7 Å². The Kier molecular flexibility index (Phi) is 4.55. The first kappa shape index (κ1) is 16.2. The lowest BCUT2D eigenvalue weighted by atomic mass is 9.86. The number of nitrogens with zero attached hydrogens (tertiary/aromatic N) is 1. The molecular weight excluding hydrogens is 296 g/mol. The number of pyridine rings is 1. The quantitative estimate of drug-likeness (QED) is 0.721. The number of ether oxygens (including phenoxy) is 1. The molecule has 3 N–H and O–H groups in total. The molecule has 0 spiro atoms. The van der Waals surface area contributed by atoms with E-state index in [4.69, 9.17) is 4.74 Å². The first-order chi connectivity index (χ1) is 11.0. The van der Waals surface area contributed by atoms with Crippen LogP contribution in [0.15, 0.2) is 18.2 Å². The Morgan fingerprint density at radius 2 is 2.04 bits per heavy atom. The van der Waals surface area contributed by atoms with Crippen LogP contribution >= 0.6 is 0 Å². The highest BCUT2D eigenvalue weighted by Gasteiger charge is 2.45. The molecule has 2 atom stereocenters. The van der Waals surface area contributed by atoms with Gasteiger partial charge >= 0.3 is 0 Å². The Bertz CT molecular complexity index is 563. The predicted molar refractivity (Wildman–Crippen MR) is 83.9 cm³/mol. The number of aryl methyl sites for hydroxylation is 1. The summed E-state index contributed by atoms with van der Waals surface area (Å²) in [6.07, 6.45) is 1.17. The van der Waals surface area contributed by atoms with E-state index < -0.39 is 17.6 Å². The molecule has 2 saturated carbocycles. The number of carbonyl (C=O) groups excluding carboxylic acids is 1. The monoisotopic (exact) mass is 320 g/mol. The Morgan fingerprint density at radius 1 is 1.35 bits per heavy atom. The summed E-state index contributed by atoms with van der Waals surface area (Å²) in [7, 11) is 0. The van der Waals surface area contributed by atoms with Crippen molar-refractivity contribution in [2.75, 3.05) is 13.2 Å². The maximum Gasteiger partial charge on any atom is 0.223 e. The molecule has 6 nitrogen and oxygen atoms in total. The average Bonchev–Trinajstić information content (AvgIpc) is 3.31. The molecule has 0 aliphatic heterocycles. The molecule has 2 aliphatic rings. The van der Waals surface area contributed by atoms with Crippen LogP contribution in [0.5, 0.6) is 5.88 Å². The van der Waals surface area contributed by atoms with Gasteiger partial charge in [0.15, 0.2) is 0 Å². The summed E-state index contributed by atoms with van der Waals surface area (Å²) in [6.45, 7) is 2.60. The Morgan fingerprint density at radius 3 is 2.65 bits per heavy atom. The SMILES string of the molecule is Cc1cccc(OCC2(CNC(=O)C3CC3)CC(O)C(O)C2)n1. The van der Waals surface area contributed by atoms with E-state index in [1.165, 1.54) is 0 Å². The molecule has 3 rings (SSSR count). The molecule has 1 heterocycles. The third-order valence-electron chi connectivity index (χ3n) is 4.70. The van der Waals surface area contributed by atoms with Gasteiger partial charge in [-0.3, -0.25) is 4.79 Å². The number of hydrogen-bond acceptors (Lipinski definition) is 5. The topological polar surface area (TPSA) is 91.7 Å². The second-order valence-corrected chi connectivity index (χ2v) is 6.94. The molecule has 1 aromatic heterocycles. The molecule has 1 aromatic rings. The summed E-state index contributed by atoms with van der Waals surface area (Å²) < 4.78 is 5.79. The average molecular weight is 320 g/mol. The predicted octanol–water partition coefficient (Wildman–Crippen LogP) is 0.797. The summed E-state index contributed by atoms with van der Waals surface area (Å²) in [5.74, 6) is 0.727. The minimum Gasteiger partial charge on any atom is -0.477 e.